The maximum Gasteiger partial charge on any atom is 0.255 e. The molecular formula is C35H34N4O2. The van der Waals surface area contributed by atoms with E-state index >= 15 is 0 Å². The third-order valence-corrected chi connectivity index (χ3v) is 7.91. The molecular weight excluding hydrogens is 508 g/mol. The average Bonchev–Trinajstić information content (AvgIpc) is 3.47. The quantitative estimate of drug-likeness (QED) is 0.175. The zero-order valence-electron chi connectivity index (χ0n) is 23.2. The highest BCUT2D eigenvalue weighted by Crippen LogP contribution is 2.24. The number of piperidine rings is 1. The van der Waals surface area contributed by atoms with Gasteiger partial charge in [0.05, 0.1) is 0 Å². The number of aromatic amines is 1. The van der Waals surface area contributed by atoms with Crippen LogP contribution in [0.1, 0.15) is 46.0 Å². The maximum absolute atomic E-state index is 12.9. The number of amides is 1. The number of rotatable bonds is 8. The van der Waals surface area contributed by atoms with Gasteiger partial charge in [-0.1, -0.05) is 25.1 Å². The molecule has 1 aliphatic heterocycles. The van der Waals surface area contributed by atoms with E-state index in [2.05, 4.69) is 39.6 Å². The van der Waals surface area contributed by atoms with Crippen molar-refractivity contribution in [2.24, 2.45) is 5.92 Å². The standard InChI is InChI=1S/C35H34N4O2/c1-24-17-20-39(21-18-24)32-14-7-27(8-15-32)34(40)22-25-2-9-29(10-3-25)37-30-11-5-28(6-12-30)35(41)38-31-13-4-26-16-19-36-33(26)23-31/h2-16,19,23-24,36-37H,17-18,20-22H2,1H3,(H,38,41). The summed E-state index contributed by atoms with van der Waals surface area (Å²) in [6.45, 7) is 4.48. The lowest BCUT2D eigenvalue weighted by atomic mass is 9.98. The Balaban J connectivity index is 1.01. The van der Waals surface area contributed by atoms with Crippen molar-refractivity contribution < 1.29 is 9.59 Å². The second kappa shape index (κ2) is 11.7. The molecule has 1 fully saturated rings. The minimum absolute atomic E-state index is 0.117. The summed E-state index contributed by atoms with van der Waals surface area (Å²) in [5.41, 5.74) is 7.01. The number of nitrogens with zero attached hydrogens (tertiary/aromatic N) is 1. The monoisotopic (exact) mass is 542 g/mol. The molecule has 3 N–H and O–H groups in total. The molecule has 1 amide bonds. The Kier molecular flexibility index (Phi) is 7.54. The highest BCUT2D eigenvalue weighted by molar-refractivity contribution is 6.05. The van der Waals surface area contributed by atoms with Gasteiger partial charge in [-0.2, -0.15) is 0 Å². The summed E-state index contributed by atoms with van der Waals surface area (Å²) < 4.78 is 0. The van der Waals surface area contributed by atoms with Gasteiger partial charge in [-0.05, 0) is 109 Å². The smallest absolute Gasteiger partial charge is 0.255 e. The van der Waals surface area contributed by atoms with Crippen LogP contribution in [0, 0.1) is 5.92 Å². The largest absolute Gasteiger partial charge is 0.372 e. The molecule has 5 aromatic rings. The number of anilines is 4. The number of nitrogens with one attached hydrogen (secondary N) is 3. The first kappa shape index (κ1) is 26.4. The van der Waals surface area contributed by atoms with Gasteiger partial charge in [-0.25, -0.2) is 0 Å². The van der Waals surface area contributed by atoms with E-state index in [1.807, 2.05) is 79.0 Å². The van der Waals surface area contributed by atoms with Crippen molar-refractivity contribution >= 4 is 45.3 Å². The number of hydrogen-bond acceptors (Lipinski definition) is 4. The highest BCUT2D eigenvalue weighted by Gasteiger charge is 2.16. The van der Waals surface area contributed by atoms with Gasteiger partial charge in [0.1, 0.15) is 0 Å². The molecule has 206 valence electrons. The van der Waals surface area contributed by atoms with Gasteiger partial charge in [0.2, 0.25) is 0 Å². The second-order valence-electron chi connectivity index (χ2n) is 10.9. The second-order valence-corrected chi connectivity index (χ2v) is 10.9. The highest BCUT2D eigenvalue weighted by atomic mass is 16.1. The van der Waals surface area contributed by atoms with E-state index < -0.39 is 0 Å². The van der Waals surface area contributed by atoms with Crippen LogP contribution >= 0.6 is 0 Å². The third-order valence-electron chi connectivity index (χ3n) is 7.91. The van der Waals surface area contributed by atoms with E-state index in [1.165, 1.54) is 18.5 Å². The zero-order valence-corrected chi connectivity index (χ0v) is 23.2. The summed E-state index contributed by atoms with van der Waals surface area (Å²) in [5.74, 6) is 0.753. The molecule has 0 radical (unpaired) electrons. The van der Waals surface area contributed by atoms with E-state index in [4.69, 9.17) is 0 Å². The summed E-state index contributed by atoms with van der Waals surface area (Å²) in [4.78, 5) is 31.2. The number of carbonyl (C=O) groups is 2. The van der Waals surface area contributed by atoms with Gasteiger partial charge in [0.25, 0.3) is 5.91 Å². The van der Waals surface area contributed by atoms with Crippen LogP contribution in [0.4, 0.5) is 22.7 Å². The van der Waals surface area contributed by atoms with Crippen LogP contribution in [0.5, 0.6) is 0 Å². The van der Waals surface area contributed by atoms with Crippen molar-refractivity contribution in [2.45, 2.75) is 26.2 Å². The first-order chi connectivity index (χ1) is 20.0. The van der Waals surface area contributed by atoms with E-state index in [9.17, 15) is 9.59 Å². The first-order valence-corrected chi connectivity index (χ1v) is 14.2. The molecule has 6 heteroatoms. The topological polar surface area (TPSA) is 77.2 Å². The molecule has 41 heavy (non-hydrogen) atoms. The lowest BCUT2D eigenvalue weighted by Crippen LogP contribution is -2.32. The minimum Gasteiger partial charge on any atom is -0.372 e. The molecule has 1 aromatic heterocycles. The Labute approximate surface area is 240 Å². The fraction of sp³-hybridized carbons (Fsp3) is 0.200. The molecule has 1 saturated heterocycles. The third kappa shape index (κ3) is 6.33. The predicted octanol–water partition coefficient (Wildman–Crippen LogP) is 7.83. The van der Waals surface area contributed by atoms with Gasteiger partial charge in [-0.15, -0.1) is 0 Å². The maximum atomic E-state index is 12.9. The van der Waals surface area contributed by atoms with Gasteiger partial charge >= 0.3 is 0 Å². The van der Waals surface area contributed by atoms with E-state index in [1.54, 1.807) is 12.1 Å². The van der Waals surface area contributed by atoms with Crippen LogP contribution < -0.4 is 15.5 Å². The Morgan fingerprint density at radius 1 is 0.780 bits per heavy atom. The van der Waals surface area contributed by atoms with E-state index in [0.29, 0.717) is 12.0 Å². The van der Waals surface area contributed by atoms with E-state index in [-0.39, 0.29) is 11.7 Å². The number of aromatic nitrogens is 1. The van der Waals surface area contributed by atoms with Crippen molar-refractivity contribution in [3.8, 4) is 0 Å². The van der Waals surface area contributed by atoms with Crippen LogP contribution in [-0.4, -0.2) is 29.8 Å². The summed E-state index contributed by atoms with van der Waals surface area (Å²) in [6, 6.07) is 31.1. The Bertz CT molecular complexity index is 1650. The van der Waals surface area contributed by atoms with Gasteiger partial charge in [0, 0.05) is 65.1 Å². The fourth-order valence-electron chi connectivity index (χ4n) is 5.32. The Morgan fingerprint density at radius 2 is 1.41 bits per heavy atom. The molecule has 0 atom stereocenters. The Morgan fingerprint density at radius 3 is 2.12 bits per heavy atom. The molecule has 1 aliphatic rings. The molecule has 0 unspecified atom stereocenters. The molecule has 4 aromatic carbocycles. The predicted molar refractivity (Wildman–Crippen MR) is 168 cm³/mol. The van der Waals surface area contributed by atoms with Crippen molar-refractivity contribution in [3.63, 3.8) is 0 Å². The number of H-pyrrole nitrogens is 1. The first-order valence-electron chi connectivity index (χ1n) is 14.2. The summed E-state index contributed by atoms with van der Waals surface area (Å²) in [7, 11) is 0. The van der Waals surface area contributed by atoms with Gasteiger partial charge in [0.15, 0.2) is 5.78 Å². The molecule has 2 heterocycles. The number of carbonyl (C=O) groups excluding carboxylic acids is 2. The van der Waals surface area contributed by atoms with Crippen LogP contribution in [0.15, 0.2) is 103 Å². The summed E-state index contributed by atoms with van der Waals surface area (Å²) >= 11 is 0. The minimum atomic E-state index is -0.160. The van der Waals surface area contributed by atoms with Crippen LogP contribution in [-0.2, 0) is 6.42 Å². The molecule has 0 bridgehead atoms. The van der Waals surface area contributed by atoms with Crippen molar-refractivity contribution in [2.75, 3.05) is 28.6 Å². The number of hydrogen-bond donors (Lipinski definition) is 3. The number of fused-ring (bicyclic) bond motifs is 1. The Hall–Kier alpha value is -4.84. The van der Waals surface area contributed by atoms with Crippen molar-refractivity contribution in [1.82, 2.24) is 4.98 Å². The van der Waals surface area contributed by atoms with Crippen LogP contribution in [0.2, 0.25) is 0 Å². The SMILES string of the molecule is CC1CCN(c2ccc(C(=O)Cc3ccc(Nc4ccc(C(=O)Nc5ccc6cc[nH]c6c5)cc4)cc3)cc2)CC1. The molecule has 6 rings (SSSR count). The van der Waals surface area contributed by atoms with Crippen molar-refractivity contribution in [1.29, 1.82) is 0 Å². The summed E-state index contributed by atoms with van der Waals surface area (Å²) in [6.07, 6.45) is 4.69. The van der Waals surface area contributed by atoms with Gasteiger partial charge < -0.3 is 20.5 Å². The van der Waals surface area contributed by atoms with Crippen LogP contribution in [0.3, 0.4) is 0 Å². The van der Waals surface area contributed by atoms with Crippen molar-refractivity contribution in [3.05, 3.63) is 120 Å². The lowest BCUT2D eigenvalue weighted by molar-refractivity contribution is 0.0991. The normalized spacial score (nSPS) is 13.7. The van der Waals surface area contributed by atoms with Crippen LogP contribution in [0.25, 0.3) is 10.9 Å². The summed E-state index contributed by atoms with van der Waals surface area (Å²) in [5, 5.41) is 7.42. The lowest BCUT2D eigenvalue weighted by Gasteiger charge is -2.32. The fourth-order valence-corrected chi connectivity index (χ4v) is 5.32. The molecule has 0 aliphatic carbocycles. The zero-order chi connectivity index (χ0) is 28.2. The average molecular weight is 543 g/mol. The van der Waals surface area contributed by atoms with E-state index in [0.717, 1.165) is 58.1 Å². The number of Topliss-reactive ketones (excluding diaryl/α,β-unsaturated/α-hetero) is 1. The molecule has 0 spiro atoms. The number of ketones is 1. The number of benzene rings is 4. The van der Waals surface area contributed by atoms with Gasteiger partial charge in [-0.3, -0.25) is 9.59 Å². The molecule has 0 saturated carbocycles. The molecule has 6 nitrogen and oxygen atoms in total.